The minimum absolute atomic E-state index is 0.0382. The zero-order valence-electron chi connectivity index (χ0n) is 11.8. The van der Waals surface area contributed by atoms with Gasteiger partial charge in [-0.1, -0.05) is 17.7 Å². The van der Waals surface area contributed by atoms with Gasteiger partial charge in [0.05, 0.1) is 6.42 Å². The molecular weight excluding hydrogens is 293 g/mol. The van der Waals surface area contributed by atoms with Gasteiger partial charge in [-0.05, 0) is 12.1 Å². The second-order valence-corrected chi connectivity index (χ2v) is 6.01. The zero-order chi connectivity index (χ0) is 14.8. The fraction of sp³-hybridized carbons (Fsp3) is 0.533. The van der Waals surface area contributed by atoms with Crippen LogP contribution in [0.5, 0.6) is 0 Å². The Bertz CT molecular complexity index is 507. The summed E-state index contributed by atoms with van der Waals surface area (Å²) in [4.78, 5) is 16.5. The third-order valence-electron chi connectivity index (χ3n) is 4.33. The van der Waals surface area contributed by atoms with Gasteiger partial charge in [-0.3, -0.25) is 9.69 Å². The van der Waals surface area contributed by atoms with Crippen LogP contribution < -0.4 is 5.32 Å². The highest BCUT2D eigenvalue weighted by Gasteiger charge is 2.29. The van der Waals surface area contributed by atoms with Crippen LogP contribution in [0.3, 0.4) is 0 Å². The van der Waals surface area contributed by atoms with Crippen molar-refractivity contribution in [2.45, 2.75) is 12.5 Å². The van der Waals surface area contributed by atoms with Crippen molar-refractivity contribution in [2.75, 3.05) is 39.3 Å². The molecule has 2 fully saturated rings. The lowest BCUT2D eigenvalue weighted by molar-refractivity contribution is -0.132. The maximum atomic E-state index is 13.7. The van der Waals surface area contributed by atoms with Crippen LogP contribution in [-0.2, 0) is 11.2 Å². The smallest absolute Gasteiger partial charge is 0.227 e. The van der Waals surface area contributed by atoms with Gasteiger partial charge in [0.25, 0.3) is 0 Å². The number of nitrogens with one attached hydrogen (secondary N) is 1. The van der Waals surface area contributed by atoms with E-state index < -0.39 is 5.82 Å². The average Bonchev–Trinajstić information content (AvgIpc) is 2.42. The van der Waals surface area contributed by atoms with E-state index in [0.717, 1.165) is 26.2 Å². The fourth-order valence-electron chi connectivity index (χ4n) is 2.83. The number of benzene rings is 1. The van der Waals surface area contributed by atoms with Gasteiger partial charge < -0.3 is 10.2 Å². The lowest BCUT2D eigenvalue weighted by atomic mass is 10.1. The van der Waals surface area contributed by atoms with Gasteiger partial charge in [0.2, 0.25) is 5.91 Å². The molecule has 0 bridgehead atoms. The van der Waals surface area contributed by atoms with Crippen LogP contribution in [-0.4, -0.2) is 61.0 Å². The summed E-state index contributed by atoms with van der Waals surface area (Å²) >= 11 is 5.98. The molecular formula is C15H19ClFN3O. The molecule has 1 N–H and O–H groups in total. The molecule has 0 aromatic heterocycles. The quantitative estimate of drug-likeness (QED) is 0.909. The van der Waals surface area contributed by atoms with Crippen molar-refractivity contribution in [3.05, 3.63) is 34.6 Å². The van der Waals surface area contributed by atoms with E-state index >= 15 is 0 Å². The van der Waals surface area contributed by atoms with Crippen LogP contribution in [0.1, 0.15) is 5.56 Å². The molecule has 0 unspecified atom stereocenters. The van der Waals surface area contributed by atoms with Crippen LogP contribution in [0, 0.1) is 5.82 Å². The first-order chi connectivity index (χ1) is 10.1. The highest BCUT2D eigenvalue weighted by atomic mass is 35.5. The summed E-state index contributed by atoms with van der Waals surface area (Å²) in [7, 11) is 0. The van der Waals surface area contributed by atoms with E-state index in [9.17, 15) is 9.18 Å². The number of carbonyl (C=O) groups is 1. The van der Waals surface area contributed by atoms with Crippen molar-refractivity contribution >= 4 is 17.5 Å². The normalized spacial score (nSPS) is 20.4. The Morgan fingerprint density at radius 2 is 2.00 bits per heavy atom. The molecule has 0 aliphatic carbocycles. The van der Waals surface area contributed by atoms with Crippen LogP contribution >= 0.6 is 11.6 Å². The Balaban J connectivity index is 1.56. The number of hydrogen-bond donors (Lipinski definition) is 1. The molecule has 2 aliphatic rings. The Hall–Kier alpha value is -1.17. The van der Waals surface area contributed by atoms with Gasteiger partial charge in [0.15, 0.2) is 0 Å². The molecule has 2 heterocycles. The lowest BCUT2D eigenvalue weighted by Gasteiger charge is -2.43. The SMILES string of the molecule is O=C(Cc1c(F)cccc1Cl)N1CCN(C2CNC2)CC1. The minimum atomic E-state index is -0.407. The summed E-state index contributed by atoms with van der Waals surface area (Å²) in [6.07, 6.45) is 0.0382. The predicted octanol–water partition coefficient (Wildman–Crippen LogP) is 1.14. The summed E-state index contributed by atoms with van der Waals surface area (Å²) in [5.41, 5.74) is 0.301. The number of hydrogen-bond acceptors (Lipinski definition) is 3. The van der Waals surface area contributed by atoms with Crippen LogP contribution in [0.2, 0.25) is 5.02 Å². The summed E-state index contributed by atoms with van der Waals surface area (Å²) in [5.74, 6) is -0.455. The van der Waals surface area contributed by atoms with Gasteiger partial charge in [0, 0.05) is 55.9 Å². The van der Waals surface area contributed by atoms with E-state index in [4.69, 9.17) is 11.6 Å². The molecule has 6 heteroatoms. The molecule has 0 spiro atoms. The number of halogens is 2. The Morgan fingerprint density at radius 3 is 2.57 bits per heavy atom. The Morgan fingerprint density at radius 1 is 1.29 bits per heavy atom. The van der Waals surface area contributed by atoms with Crippen LogP contribution in [0.25, 0.3) is 0 Å². The standard InChI is InChI=1S/C15H19ClFN3O/c16-13-2-1-3-14(17)12(13)8-15(21)20-6-4-19(5-7-20)11-9-18-10-11/h1-3,11,18H,4-10H2. The highest BCUT2D eigenvalue weighted by Crippen LogP contribution is 2.20. The summed E-state index contributed by atoms with van der Waals surface area (Å²) < 4.78 is 13.7. The van der Waals surface area contributed by atoms with Gasteiger partial charge in [-0.2, -0.15) is 0 Å². The second-order valence-electron chi connectivity index (χ2n) is 5.61. The molecule has 2 aliphatic heterocycles. The maximum Gasteiger partial charge on any atom is 0.227 e. The van der Waals surface area contributed by atoms with Crippen LogP contribution in [0.4, 0.5) is 4.39 Å². The number of carbonyl (C=O) groups excluding carboxylic acids is 1. The Labute approximate surface area is 128 Å². The molecule has 1 aromatic rings. The van der Waals surface area contributed by atoms with Crippen molar-refractivity contribution in [1.29, 1.82) is 0 Å². The highest BCUT2D eigenvalue weighted by molar-refractivity contribution is 6.31. The third-order valence-corrected chi connectivity index (χ3v) is 4.69. The Kier molecular flexibility index (Phi) is 4.42. The minimum Gasteiger partial charge on any atom is -0.340 e. The first kappa shape index (κ1) is 14.8. The van der Waals surface area contributed by atoms with Crippen molar-refractivity contribution in [3.8, 4) is 0 Å². The largest absolute Gasteiger partial charge is 0.340 e. The molecule has 0 atom stereocenters. The van der Waals surface area contributed by atoms with Gasteiger partial charge >= 0.3 is 0 Å². The average molecular weight is 312 g/mol. The molecule has 3 rings (SSSR count). The molecule has 21 heavy (non-hydrogen) atoms. The van der Waals surface area contributed by atoms with Crippen molar-refractivity contribution in [2.24, 2.45) is 0 Å². The van der Waals surface area contributed by atoms with E-state index in [1.54, 1.807) is 12.1 Å². The molecule has 0 radical (unpaired) electrons. The molecule has 114 valence electrons. The first-order valence-electron chi connectivity index (χ1n) is 7.30. The third kappa shape index (κ3) is 3.20. The molecule has 0 saturated carbocycles. The maximum absolute atomic E-state index is 13.7. The molecule has 2 saturated heterocycles. The topological polar surface area (TPSA) is 35.6 Å². The number of amides is 1. The number of rotatable bonds is 3. The number of nitrogens with zero attached hydrogens (tertiary/aromatic N) is 2. The molecule has 1 aromatic carbocycles. The van der Waals surface area contributed by atoms with E-state index in [0.29, 0.717) is 29.7 Å². The number of piperazine rings is 1. The van der Waals surface area contributed by atoms with E-state index in [2.05, 4.69) is 10.2 Å². The predicted molar refractivity (Wildman–Crippen MR) is 79.9 cm³/mol. The molecule has 4 nitrogen and oxygen atoms in total. The monoisotopic (exact) mass is 311 g/mol. The second kappa shape index (κ2) is 6.30. The van der Waals surface area contributed by atoms with Gasteiger partial charge in [-0.15, -0.1) is 0 Å². The van der Waals surface area contributed by atoms with Gasteiger partial charge in [0.1, 0.15) is 5.82 Å². The van der Waals surface area contributed by atoms with E-state index in [-0.39, 0.29) is 12.3 Å². The van der Waals surface area contributed by atoms with Crippen molar-refractivity contribution < 1.29 is 9.18 Å². The lowest BCUT2D eigenvalue weighted by Crippen LogP contribution is -2.62. The van der Waals surface area contributed by atoms with Crippen LogP contribution in [0.15, 0.2) is 18.2 Å². The summed E-state index contributed by atoms with van der Waals surface area (Å²) in [5, 5.41) is 3.58. The summed E-state index contributed by atoms with van der Waals surface area (Å²) in [6.45, 7) is 5.28. The summed E-state index contributed by atoms with van der Waals surface area (Å²) in [6, 6.07) is 5.13. The van der Waals surface area contributed by atoms with Crippen molar-refractivity contribution in [1.82, 2.24) is 15.1 Å². The van der Waals surface area contributed by atoms with Gasteiger partial charge in [-0.25, -0.2) is 4.39 Å². The van der Waals surface area contributed by atoms with E-state index in [1.807, 2.05) is 4.90 Å². The molecule has 1 amide bonds. The fourth-order valence-corrected chi connectivity index (χ4v) is 3.06. The van der Waals surface area contributed by atoms with Crippen molar-refractivity contribution in [3.63, 3.8) is 0 Å². The first-order valence-corrected chi connectivity index (χ1v) is 7.68. The van der Waals surface area contributed by atoms with E-state index in [1.165, 1.54) is 6.07 Å². The zero-order valence-corrected chi connectivity index (χ0v) is 12.6.